The van der Waals surface area contributed by atoms with E-state index in [0.717, 1.165) is 38.8 Å². The van der Waals surface area contributed by atoms with Gasteiger partial charge in [-0.2, -0.15) is 0 Å². The molecule has 0 bridgehead atoms. The molecular weight excluding hydrogens is 346 g/mol. The van der Waals surface area contributed by atoms with E-state index >= 15 is 0 Å². The summed E-state index contributed by atoms with van der Waals surface area (Å²) < 4.78 is 6.23. The summed E-state index contributed by atoms with van der Waals surface area (Å²) in [6.07, 6.45) is 7.82. The summed E-state index contributed by atoms with van der Waals surface area (Å²) >= 11 is 0. The molecule has 1 atom stereocenters. The van der Waals surface area contributed by atoms with Crippen LogP contribution in [0, 0.1) is 11.8 Å². The lowest BCUT2D eigenvalue weighted by atomic mass is 9.81. The van der Waals surface area contributed by atoms with Gasteiger partial charge in [-0.1, -0.05) is 6.42 Å². The fraction of sp³-hybridized carbons (Fsp3) is 0.900. The topological polar surface area (TPSA) is 62.3 Å². The predicted octanol–water partition coefficient (Wildman–Crippen LogP) is 1.03. The van der Waals surface area contributed by atoms with Gasteiger partial charge in [0.15, 0.2) is 0 Å². The van der Waals surface area contributed by atoms with Crippen molar-refractivity contribution < 1.29 is 19.2 Å². The summed E-state index contributed by atoms with van der Waals surface area (Å²) in [7, 11) is 0. The van der Waals surface area contributed by atoms with Crippen molar-refractivity contribution in [2.75, 3.05) is 45.9 Å². The highest BCUT2D eigenvalue weighted by atomic mass is 16.7. The first-order valence-electron chi connectivity index (χ1n) is 10.7. The molecule has 3 saturated heterocycles. The normalized spacial score (nSPS) is 31.5. The maximum Gasteiger partial charge on any atom is 0.265 e. The van der Waals surface area contributed by atoms with Crippen molar-refractivity contribution in [1.29, 1.82) is 0 Å². The largest absolute Gasteiger partial charge is 0.368 e. The number of likely N-dealkylation sites (tertiary alicyclic amines) is 1. The molecule has 0 aromatic carbocycles. The molecule has 2 aliphatic carbocycles. The Morgan fingerprint density at radius 3 is 2.41 bits per heavy atom. The molecule has 150 valence electrons. The van der Waals surface area contributed by atoms with Crippen LogP contribution in [0.3, 0.4) is 0 Å². The smallest absolute Gasteiger partial charge is 0.265 e. The fourth-order valence-corrected chi connectivity index (χ4v) is 4.79. The second-order valence-corrected chi connectivity index (χ2v) is 9.19. The lowest BCUT2D eigenvalue weighted by molar-refractivity contribution is -0.227. The SMILES string of the molecule is O=C(C1CCC1)N1CC2(C1)CN(CC1CC1)[C@@H](C(=O)N1CCCCO1)CO2. The number of amides is 2. The summed E-state index contributed by atoms with van der Waals surface area (Å²) in [5.41, 5.74) is -0.270. The Morgan fingerprint density at radius 1 is 0.963 bits per heavy atom. The van der Waals surface area contributed by atoms with Crippen molar-refractivity contribution in [3.63, 3.8) is 0 Å². The first-order valence-corrected chi connectivity index (χ1v) is 10.7. The minimum absolute atomic E-state index is 0.0481. The molecule has 3 heterocycles. The van der Waals surface area contributed by atoms with E-state index in [9.17, 15) is 9.59 Å². The Labute approximate surface area is 160 Å². The zero-order valence-corrected chi connectivity index (χ0v) is 16.1. The Bertz CT molecular complexity index is 592. The van der Waals surface area contributed by atoms with E-state index in [1.165, 1.54) is 19.3 Å². The fourth-order valence-electron chi connectivity index (χ4n) is 4.79. The molecule has 7 heteroatoms. The highest BCUT2D eigenvalue weighted by molar-refractivity contribution is 5.82. The number of morpholine rings is 1. The number of rotatable bonds is 4. The van der Waals surface area contributed by atoms with Crippen LogP contribution < -0.4 is 0 Å². The van der Waals surface area contributed by atoms with Crippen molar-refractivity contribution in [2.24, 2.45) is 11.8 Å². The van der Waals surface area contributed by atoms with Crippen LogP contribution in [0.15, 0.2) is 0 Å². The van der Waals surface area contributed by atoms with Gasteiger partial charge < -0.3 is 9.64 Å². The van der Waals surface area contributed by atoms with Crippen LogP contribution in [0.2, 0.25) is 0 Å². The van der Waals surface area contributed by atoms with Gasteiger partial charge in [-0.25, -0.2) is 5.06 Å². The second-order valence-electron chi connectivity index (χ2n) is 9.19. The van der Waals surface area contributed by atoms with Crippen molar-refractivity contribution in [3.8, 4) is 0 Å². The van der Waals surface area contributed by atoms with E-state index in [1.807, 2.05) is 4.90 Å². The van der Waals surface area contributed by atoms with E-state index < -0.39 is 0 Å². The highest BCUT2D eigenvalue weighted by Crippen LogP contribution is 2.38. The Morgan fingerprint density at radius 2 is 1.78 bits per heavy atom. The zero-order valence-electron chi connectivity index (χ0n) is 16.1. The van der Waals surface area contributed by atoms with Crippen LogP contribution in [0.5, 0.6) is 0 Å². The Kier molecular flexibility index (Phi) is 4.64. The number of hydrogen-bond donors (Lipinski definition) is 0. The van der Waals surface area contributed by atoms with E-state index in [2.05, 4.69) is 4.90 Å². The summed E-state index contributed by atoms with van der Waals surface area (Å²) in [6.45, 7) is 4.81. The van der Waals surface area contributed by atoms with Gasteiger partial charge in [-0.3, -0.25) is 19.3 Å². The quantitative estimate of drug-likeness (QED) is 0.732. The van der Waals surface area contributed by atoms with Crippen LogP contribution in [0.1, 0.15) is 44.9 Å². The molecule has 0 aromatic heterocycles. The molecule has 5 rings (SSSR count). The summed E-state index contributed by atoms with van der Waals surface area (Å²) in [5.74, 6) is 1.32. The van der Waals surface area contributed by atoms with Crippen LogP contribution in [0.4, 0.5) is 0 Å². The van der Waals surface area contributed by atoms with Crippen LogP contribution >= 0.6 is 0 Å². The lowest BCUT2D eigenvalue weighted by Crippen LogP contribution is -2.74. The molecule has 7 nitrogen and oxygen atoms in total. The first-order chi connectivity index (χ1) is 13.1. The van der Waals surface area contributed by atoms with Crippen LogP contribution in [-0.4, -0.2) is 84.3 Å². The van der Waals surface area contributed by atoms with Crippen LogP contribution in [-0.2, 0) is 19.2 Å². The van der Waals surface area contributed by atoms with Gasteiger partial charge in [-0.05, 0) is 44.4 Å². The first kappa shape index (κ1) is 17.9. The van der Waals surface area contributed by atoms with Gasteiger partial charge in [0.1, 0.15) is 11.6 Å². The van der Waals surface area contributed by atoms with Gasteiger partial charge in [0.2, 0.25) is 5.91 Å². The van der Waals surface area contributed by atoms with Gasteiger partial charge in [-0.15, -0.1) is 0 Å². The maximum absolute atomic E-state index is 13.0. The molecule has 0 aromatic rings. The predicted molar refractivity (Wildman–Crippen MR) is 97.6 cm³/mol. The average molecular weight is 377 g/mol. The minimum atomic E-state index is -0.270. The van der Waals surface area contributed by atoms with E-state index in [-0.39, 0.29) is 23.5 Å². The molecule has 0 unspecified atom stereocenters. The lowest BCUT2D eigenvalue weighted by Gasteiger charge is -2.56. The third-order valence-electron chi connectivity index (χ3n) is 6.93. The molecule has 2 amide bonds. The Balaban J connectivity index is 1.22. The van der Waals surface area contributed by atoms with Crippen molar-refractivity contribution >= 4 is 11.8 Å². The molecule has 1 spiro atoms. The molecule has 5 aliphatic rings. The minimum Gasteiger partial charge on any atom is -0.368 e. The maximum atomic E-state index is 13.0. The van der Waals surface area contributed by atoms with Crippen LogP contribution in [0.25, 0.3) is 0 Å². The van der Waals surface area contributed by atoms with Crippen molar-refractivity contribution in [2.45, 2.75) is 56.6 Å². The van der Waals surface area contributed by atoms with Crippen molar-refractivity contribution in [3.05, 3.63) is 0 Å². The molecule has 27 heavy (non-hydrogen) atoms. The van der Waals surface area contributed by atoms with E-state index in [0.29, 0.717) is 44.7 Å². The second kappa shape index (κ2) is 7.01. The van der Waals surface area contributed by atoms with Gasteiger partial charge >= 0.3 is 0 Å². The number of carbonyl (C=O) groups is 2. The number of ether oxygens (including phenoxy) is 1. The average Bonchev–Trinajstić information content (AvgIpc) is 3.42. The summed E-state index contributed by atoms with van der Waals surface area (Å²) in [5, 5.41) is 1.56. The molecule has 0 N–H and O–H groups in total. The van der Waals surface area contributed by atoms with Gasteiger partial charge in [0, 0.05) is 25.6 Å². The standard InChI is InChI=1S/C20H31N3O4/c24-18(16-4-3-5-16)22-13-20(14-22)12-21(10-15-6-7-15)17(11-26-20)19(25)23-8-1-2-9-27-23/h15-17H,1-14H2/t17-/m1/s1. The number of hydroxylamine groups is 2. The summed E-state index contributed by atoms with van der Waals surface area (Å²) in [6, 6.07) is -0.245. The third-order valence-corrected chi connectivity index (χ3v) is 6.93. The highest BCUT2D eigenvalue weighted by Gasteiger charge is 2.53. The zero-order chi connectivity index (χ0) is 18.4. The molecule has 2 saturated carbocycles. The molecule has 5 fully saturated rings. The molecule has 0 radical (unpaired) electrons. The molecular formula is C20H31N3O4. The Hall–Kier alpha value is -1.18. The van der Waals surface area contributed by atoms with E-state index in [1.54, 1.807) is 5.06 Å². The number of hydrogen-bond acceptors (Lipinski definition) is 5. The summed E-state index contributed by atoms with van der Waals surface area (Å²) in [4.78, 5) is 35.4. The third kappa shape index (κ3) is 3.49. The number of carbonyl (C=O) groups excluding carboxylic acids is 2. The van der Waals surface area contributed by atoms with Gasteiger partial charge in [0.25, 0.3) is 5.91 Å². The van der Waals surface area contributed by atoms with E-state index in [4.69, 9.17) is 9.57 Å². The van der Waals surface area contributed by atoms with Gasteiger partial charge in [0.05, 0.1) is 26.3 Å². The van der Waals surface area contributed by atoms with Crippen molar-refractivity contribution in [1.82, 2.24) is 14.9 Å². The number of nitrogens with zero attached hydrogens (tertiary/aromatic N) is 3. The molecule has 3 aliphatic heterocycles. The monoisotopic (exact) mass is 377 g/mol.